The van der Waals surface area contributed by atoms with Gasteiger partial charge >= 0.3 is 0 Å². The lowest BCUT2D eigenvalue weighted by Crippen LogP contribution is -2.38. The predicted molar refractivity (Wildman–Crippen MR) is 111 cm³/mol. The van der Waals surface area contributed by atoms with Gasteiger partial charge in [0.1, 0.15) is 11.6 Å². The Bertz CT molecular complexity index is 1010. The monoisotopic (exact) mass is 397 g/mol. The first-order valence-electron chi connectivity index (χ1n) is 9.48. The van der Waals surface area contributed by atoms with E-state index in [0.29, 0.717) is 31.0 Å². The largest absolute Gasteiger partial charge is 0.356 e. The van der Waals surface area contributed by atoms with Crippen molar-refractivity contribution in [1.82, 2.24) is 20.4 Å². The number of guanidine groups is 1. The fraction of sp³-hybridized carbons (Fsp3) is 0.273. The van der Waals surface area contributed by atoms with Crippen LogP contribution in [-0.4, -0.2) is 29.3 Å². The van der Waals surface area contributed by atoms with Gasteiger partial charge in [-0.3, -0.25) is 4.99 Å². The average Bonchev–Trinajstić information content (AvgIpc) is 3.04. The molecular formula is C22H25F2N5. The van der Waals surface area contributed by atoms with Gasteiger partial charge in [-0.1, -0.05) is 24.3 Å². The molecule has 29 heavy (non-hydrogen) atoms. The van der Waals surface area contributed by atoms with Crippen molar-refractivity contribution in [1.29, 1.82) is 0 Å². The molecule has 0 amide bonds. The molecule has 2 aromatic carbocycles. The normalized spacial score (nSPS) is 11.6. The average molecular weight is 397 g/mol. The number of aryl methyl sites for hydroxylation is 2. The van der Waals surface area contributed by atoms with Crippen LogP contribution in [0.1, 0.15) is 22.5 Å². The third-order valence-electron chi connectivity index (χ3n) is 4.60. The van der Waals surface area contributed by atoms with E-state index in [1.54, 1.807) is 7.05 Å². The van der Waals surface area contributed by atoms with E-state index in [2.05, 4.69) is 20.7 Å². The first-order valence-corrected chi connectivity index (χ1v) is 9.48. The molecule has 3 rings (SSSR count). The van der Waals surface area contributed by atoms with Gasteiger partial charge < -0.3 is 10.6 Å². The van der Waals surface area contributed by atoms with Gasteiger partial charge in [0.2, 0.25) is 0 Å². The number of nitrogens with zero attached hydrogens (tertiary/aromatic N) is 3. The molecule has 0 fully saturated rings. The van der Waals surface area contributed by atoms with Crippen LogP contribution >= 0.6 is 0 Å². The number of aliphatic imine (C=N–C) groups is 1. The molecule has 0 aliphatic carbocycles. The van der Waals surface area contributed by atoms with E-state index in [9.17, 15) is 8.78 Å². The zero-order valence-corrected chi connectivity index (χ0v) is 16.8. The minimum atomic E-state index is -0.571. The molecule has 5 nitrogen and oxygen atoms in total. The van der Waals surface area contributed by atoms with Gasteiger partial charge in [0, 0.05) is 31.9 Å². The summed E-state index contributed by atoms with van der Waals surface area (Å²) in [5.41, 5.74) is 4.58. The first-order chi connectivity index (χ1) is 14.0. The highest BCUT2D eigenvalue weighted by Crippen LogP contribution is 2.17. The number of hydrogen-bond donors (Lipinski definition) is 2. The summed E-state index contributed by atoms with van der Waals surface area (Å²) in [6, 6.07) is 13.7. The molecule has 0 saturated carbocycles. The van der Waals surface area contributed by atoms with E-state index in [-0.39, 0.29) is 0 Å². The van der Waals surface area contributed by atoms with Crippen LogP contribution in [0.15, 0.2) is 53.5 Å². The molecule has 0 aliphatic rings. The number of hydrogen-bond acceptors (Lipinski definition) is 2. The molecule has 0 spiro atoms. The molecule has 0 aliphatic heterocycles. The molecule has 0 atom stereocenters. The van der Waals surface area contributed by atoms with Crippen LogP contribution in [0, 0.1) is 25.5 Å². The van der Waals surface area contributed by atoms with Gasteiger partial charge in [-0.15, -0.1) is 0 Å². The summed E-state index contributed by atoms with van der Waals surface area (Å²) in [6.07, 6.45) is 0.426. The van der Waals surface area contributed by atoms with Crippen molar-refractivity contribution in [3.8, 4) is 5.69 Å². The van der Waals surface area contributed by atoms with E-state index >= 15 is 0 Å². The highest BCUT2D eigenvalue weighted by atomic mass is 19.1. The second-order valence-corrected chi connectivity index (χ2v) is 6.81. The van der Waals surface area contributed by atoms with E-state index in [0.717, 1.165) is 28.7 Å². The van der Waals surface area contributed by atoms with Crippen LogP contribution in [0.2, 0.25) is 0 Å². The maximum atomic E-state index is 13.7. The number of halogens is 2. The Kier molecular flexibility index (Phi) is 6.59. The summed E-state index contributed by atoms with van der Waals surface area (Å²) >= 11 is 0. The molecule has 0 unspecified atom stereocenters. The fourth-order valence-corrected chi connectivity index (χ4v) is 3.18. The van der Waals surface area contributed by atoms with Crippen molar-refractivity contribution < 1.29 is 8.78 Å². The van der Waals surface area contributed by atoms with Crippen LogP contribution in [0.3, 0.4) is 0 Å². The smallest absolute Gasteiger partial charge is 0.191 e. The van der Waals surface area contributed by atoms with E-state index in [4.69, 9.17) is 0 Å². The Morgan fingerprint density at radius 1 is 1.03 bits per heavy atom. The van der Waals surface area contributed by atoms with Crippen molar-refractivity contribution in [3.05, 3.63) is 82.7 Å². The summed E-state index contributed by atoms with van der Waals surface area (Å²) in [5.74, 6) is -0.498. The SMILES string of the molecule is CN=C(NCCc1ccc(F)cc1F)NCc1ccccc1-n1nc(C)cc1C. The van der Waals surface area contributed by atoms with Crippen LogP contribution < -0.4 is 10.6 Å². The van der Waals surface area contributed by atoms with Crippen molar-refractivity contribution in [2.24, 2.45) is 4.99 Å². The maximum absolute atomic E-state index is 13.7. The summed E-state index contributed by atoms with van der Waals surface area (Å²) < 4.78 is 28.7. The molecule has 0 radical (unpaired) electrons. The molecule has 1 aromatic heterocycles. The van der Waals surface area contributed by atoms with Crippen molar-refractivity contribution in [3.63, 3.8) is 0 Å². The van der Waals surface area contributed by atoms with Crippen LogP contribution in [0.4, 0.5) is 8.78 Å². The van der Waals surface area contributed by atoms with E-state index < -0.39 is 11.6 Å². The van der Waals surface area contributed by atoms with Gasteiger partial charge in [-0.25, -0.2) is 13.5 Å². The minimum Gasteiger partial charge on any atom is -0.356 e. The van der Waals surface area contributed by atoms with Gasteiger partial charge in [-0.2, -0.15) is 5.10 Å². The molecule has 3 aromatic rings. The molecule has 7 heteroatoms. The number of para-hydroxylation sites is 1. The van der Waals surface area contributed by atoms with Crippen molar-refractivity contribution in [2.45, 2.75) is 26.8 Å². The third kappa shape index (κ3) is 5.19. The Morgan fingerprint density at radius 2 is 1.83 bits per heavy atom. The second kappa shape index (κ2) is 9.32. The zero-order chi connectivity index (χ0) is 20.8. The molecule has 152 valence electrons. The molecule has 0 saturated heterocycles. The Balaban J connectivity index is 1.61. The zero-order valence-electron chi connectivity index (χ0n) is 16.8. The number of nitrogens with one attached hydrogen (secondary N) is 2. The van der Waals surface area contributed by atoms with E-state index in [1.807, 2.05) is 48.9 Å². The first kappa shape index (κ1) is 20.5. The Morgan fingerprint density at radius 3 is 2.52 bits per heavy atom. The highest BCUT2D eigenvalue weighted by molar-refractivity contribution is 5.79. The summed E-state index contributed by atoms with van der Waals surface area (Å²) in [5, 5.41) is 11.0. The minimum absolute atomic E-state index is 0.426. The summed E-state index contributed by atoms with van der Waals surface area (Å²) in [6.45, 7) is 5.03. The molecular weight excluding hydrogens is 372 g/mol. The molecule has 1 heterocycles. The quantitative estimate of drug-likeness (QED) is 0.493. The van der Waals surface area contributed by atoms with Gasteiger partial charge in [0.25, 0.3) is 0 Å². The Labute approximate surface area is 169 Å². The highest BCUT2D eigenvalue weighted by Gasteiger charge is 2.09. The lowest BCUT2D eigenvalue weighted by molar-refractivity contribution is 0.570. The standard InChI is InChI=1S/C22H25F2N5/c1-15-12-16(2)29(28-15)21-7-5-4-6-18(21)14-27-22(25-3)26-11-10-17-8-9-19(23)13-20(17)24/h4-9,12-13H,10-11,14H2,1-3H3,(H2,25,26,27). The predicted octanol–water partition coefficient (Wildman–Crippen LogP) is 3.68. The molecule has 2 N–H and O–H groups in total. The number of benzene rings is 2. The fourth-order valence-electron chi connectivity index (χ4n) is 3.18. The van der Waals surface area contributed by atoms with Crippen LogP contribution in [0.5, 0.6) is 0 Å². The second-order valence-electron chi connectivity index (χ2n) is 6.81. The maximum Gasteiger partial charge on any atom is 0.191 e. The number of aromatic nitrogens is 2. The number of rotatable bonds is 6. The van der Waals surface area contributed by atoms with Gasteiger partial charge in [0.05, 0.1) is 11.4 Å². The van der Waals surface area contributed by atoms with Crippen LogP contribution in [-0.2, 0) is 13.0 Å². The Hall–Kier alpha value is -3.22. The lowest BCUT2D eigenvalue weighted by atomic mass is 10.1. The van der Waals surface area contributed by atoms with E-state index in [1.165, 1.54) is 12.1 Å². The van der Waals surface area contributed by atoms with Crippen molar-refractivity contribution in [2.75, 3.05) is 13.6 Å². The van der Waals surface area contributed by atoms with Gasteiger partial charge in [0.15, 0.2) is 5.96 Å². The molecule has 0 bridgehead atoms. The summed E-state index contributed by atoms with van der Waals surface area (Å²) in [7, 11) is 1.68. The summed E-state index contributed by atoms with van der Waals surface area (Å²) in [4.78, 5) is 4.21. The lowest BCUT2D eigenvalue weighted by Gasteiger charge is -2.15. The third-order valence-corrected chi connectivity index (χ3v) is 4.60. The van der Waals surface area contributed by atoms with Crippen LogP contribution in [0.25, 0.3) is 5.69 Å². The van der Waals surface area contributed by atoms with Crippen molar-refractivity contribution >= 4 is 5.96 Å². The van der Waals surface area contributed by atoms with Gasteiger partial charge in [-0.05, 0) is 49.6 Å². The topological polar surface area (TPSA) is 54.2 Å².